The molecular formula is C23H19N5O2. The van der Waals surface area contributed by atoms with E-state index in [4.69, 9.17) is 4.74 Å². The minimum absolute atomic E-state index is 0.321. The Balaban J connectivity index is 1.40. The summed E-state index contributed by atoms with van der Waals surface area (Å²) in [7, 11) is 0. The summed E-state index contributed by atoms with van der Waals surface area (Å²) in [6.45, 7) is 0.545. The average molecular weight is 397 g/mol. The lowest BCUT2D eigenvalue weighted by molar-refractivity contribution is 0.102. The van der Waals surface area contributed by atoms with Gasteiger partial charge in [-0.15, -0.1) is 0 Å². The summed E-state index contributed by atoms with van der Waals surface area (Å²) in [5.74, 6) is 1.35. The van der Waals surface area contributed by atoms with Crippen LogP contribution in [0.15, 0.2) is 91.5 Å². The summed E-state index contributed by atoms with van der Waals surface area (Å²) in [6.07, 6.45) is 6.45. The fraction of sp³-hybridized carbons (Fsp3) is 0.0435. The van der Waals surface area contributed by atoms with Crippen molar-refractivity contribution in [3.8, 4) is 11.5 Å². The predicted octanol–water partition coefficient (Wildman–Crippen LogP) is 4.53. The fourth-order valence-electron chi connectivity index (χ4n) is 2.69. The summed E-state index contributed by atoms with van der Waals surface area (Å²) < 4.78 is 5.88. The minimum Gasteiger partial charge on any atom is -0.455 e. The highest BCUT2D eigenvalue weighted by Crippen LogP contribution is 2.29. The maximum Gasteiger partial charge on any atom is 0.258 e. The van der Waals surface area contributed by atoms with Crippen molar-refractivity contribution >= 4 is 17.5 Å². The van der Waals surface area contributed by atoms with Crippen LogP contribution in [0.1, 0.15) is 15.9 Å². The Kier molecular flexibility index (Phi) is 5.91. The van der Waals surface area contributed by atoms with Crippen LogP contribution in [0.25, 0.3) is 0 Å². The van der Waals surface area contributed by atoms with Crippen LogP contribution < -0.4 is 15.4 Å². The largest absolute Gasteiger partial charge is 0.455 e. The first-order valence-corrected chi connectivity index (χ1v) is 9.36. The zero-order chi connectivity index (χ0) is 20.6. The molecule has 7 heteroatoms. The first-order chi connectivity index (χ1) is 14.8. The van der Waals surface area contributed by atoms with Gasteiger partial charge in [0.15, 0.2) is 5.75 Å². The summed E-state index contributed by atoms with van der Waals surface area (Å²) in [5, 5.41) is 5.95. The molecule has 0 saturated carbocycles. The van der Waals surface area contributed by atoms with Gasteiger partial charge in [-0.3, -0.25) is 9.78 Å². The third kappa shape index (κ3) is 4.96. The number of para-hydroxylation sites is 3. The SMILES string of the molecule is O=C(Nc1ccccc1Oc1ccccc1)c1cnc(NCc2cccnc2)nc1. The van der Waals surface area contributed by atoms with E-state index in [0.717, 1.165) is 5.56 Å². The van der Waals surface area contributed by atoms with Crippen molar-refractivity contribution < 1.29 is 9.53 Å². The van der Waals surface area contributed by atoms with Crippen LogP contribution in [0.5, 0.6) is 11.5 Å². The number of nitrogens with zero attached hydrogens (tertiary/aromatic N) is 3. The van der Waals surface area contributed by atoms with E-state index in [-0.39, 0.29) is 5.91 Å². The molecule has 0 unspecified atom stereocenters. The Labute approximate surface area is 173 Å². The first-order valence-electron chi connectivity index (χ1n) is 9.36. The van der Waals surface area contributed by atoms with Crippen molar-refractivity contribution in [3.63, 3.8) is 0 Å². The third-order valence-electron chi connectivity index (χ3n) is 4.19. The molecule has 0 radical (unpaired) electrons. The monoisotopic (exact) mass is 397 g/mol. The first kappa shape index (κ1) is 19.1. The van der Waals surface area contributed by atoms with E-state index in [1.165, 1.54) is 12.4 Å². The molecular weight excluding hydrogens is 378 g/mol. The summed E-state index contributed by atoms with van der Waals surface area (Å²) in [4.78, 5) is 25.1. The molecule has 30 heavy (non-hydrogen) atoms. The number of carbonyl (C=O) groups is 1. The second-order valence-electron chi connectivity index (χ2n) is 6.38. The van der Waals surface area contributed by atoms with Crippen molar-refractivity contribution in [3.05, 3.63) is 103 Å². The highest BCUT2D eigenvalue weighted by atomic mass is 16.5. The van der Waals surface area contributed by atoms with Crippen molar-refractivity contribution in [1.29, 1.82) is 0 Å². The zero-order valence-electron chi connectivity index (χ0n) is 16.0. The van der Waals surface area contributed by atoms with Crippen LogP contribution in [-0.4, -0.2) is 20.9 Å². The van der Waals surface area contributed by atoms with E-state index in [1.54, 1.807) is 24.5 Å². The van der Waals surface area contributed by atoms with Gasteiger partial charge in [-0.1, -0.05) is 36.4 Å². The van der Waals surface area contributed by atoms with Crippen LogP contribution in [-0.2, 0) is 6.54 Å². The van der Waals surface area contributed by atoms with Crippen LogP contribution in [0.3, 0.4) is 0 Å². The topological polar surface area (TPSA) is 89.0 Å². The van der Waals surface area contributed by atoms with Crippen molar-refractivity contribution in [2.75, 3.05) is 10.6 Å². The molecule has 2 aromatic carbocycles. The van der Waals surface area contributed by atoms with Gasteiger partial charge in [-0.2, -0.15) is 0 Å². The van der Waals surface area contributed by atoms with E-state index in [2.05, 4.69) is 25.6 Å². The van der Waals surface area contributed by atoms with E-state index in [9.17, 15) is 4.79 Å². The molecule has 2 aromatic heterocycles. The van der Waals surface area contributed by atoms with Crippen molar-refractivity contribution in [2.45, 2.75) is 6.54 Å². The molecule has 1 amide bonds. The van der Waals surface area contributed by atoms with Crippen molar-refractivity contribution in [1.82, 2.24) is 15.0 Å². The summed E-state index contributed by atoms with van der Waals surface area (Å²) >= 11 is 0. The Morgan fingerprint density at radius 1 is 0.867 bits per heavy atom. The molecule has 0 aliphatic rings. The quantitative estimate of drug-likeness (QED) is 0.476. The molecule has 4 aromatic rings. The van der Waals surface area contributed by atoms with Crippen molar-refractivity contribution in [2.24, 2.45) is 0 Å². The molecule has 0 saturated heterocycles. The van der Waals surface area contributed by atoms with Gasteiger partial charge in [0.1, 0.15) is 5.75 Å². The summed E-state index contributed by atoms with van der Waals surface area (Å²) in [6, 6.07) is 20.5. The van der Waals surface area contributed by atoms with Crippen LogP contribution in [0, 0.1) is 0 Å². The Morgan fingerprint density at radius 2 is 1.63 bits per heavy atom. The number of benzene rings is 2. The maximum atomic E-state index is 12.6. The molecule has 148 valence electrons. The fourth-order valence-corrected chi connectivity index (χ4v) is 2.69. The Bertz CT molecular complexity index is 1100. The molecule has 2 heterocycles. The van der Waals surface area contributed by atoms with Gasteiger partial charge >= 0.3 is 0 Å². The van der Waals surface area contributed by atoms with Gasteiger partial charge in [-0.25, -0.2) is 9.97 Å². The molecule has 0 spiro atoms. The lowest BCUT2D eigenvalue weighted by Gasteiger charge is -2.12. The summed E-state index contributed by atoms with van der Waals surface area (Å²) in [5.41, 5.74) is 1.92. The second-order valence-corrected chi connectivity index (χ2v) is 6.38. The molecule has 0 aliphatic heterocycles. The Hall–Kier alpha value is -4.26. The lowest BCUT2D eigenvalue weighted by atomic mass is 10.2. The molecule has 7 nitrogen and oxygen atoms in total. The number of anilines is 2. The number of ether oxygens (including phenoxy) is 1. The number of amides is 1. The predicted molar refractivity (Wildman–Crippen MR) is 115 cm³/mol. The molecule has 2 N–H and O–H groups in total. The number of hydrogen-bond donors (Lipinski definition) is 2. The molecule has 0 aliphatic carbocycles. The van der Waals surface area contributed by atoms with E-state index >= 15 is 0 Å². The van der Waals surface area contributed by atoms with E-state index in [1.807, 2.05) is 54.6 Å². The van der Waals surface area contributed by atoms with Gasteiger partial charge in [0.2, 0.25) is 5.95 Å². The number of hydrogen-bond acceptors (Lipinski definition) is 6. The van der Waals surface area contributed by atoms with Crippen LogP contribution in [0.2, 0.25) is 0 Å². The van der Waals surface area contributed by atoms with Crippen LogP contribution in [0.4, 0.5) is 11.6 Å². The van der Waals surface area contributed by atoms with Gasteiger partial charge in [0.25, 0.3) is 5.91 Å². The third-order valence-corrected chi connectivity index (χ3v) is 4.19. The van der Waals surface area contributed by atoms with E-state index < -0.39 is 0 Å². The van der Waals surface area contributed by atoms with Gasteiger partial charge in [0, 0.05) is 31.3 Å². The number of pyridine rings is 1. The van der Waals surface area contributed by atoms with E-state index in [0.29, 0.717) is 35.2 Å². The number of aromatic nitrogens is 3. The maximum absolute atomic E-state index is 12.6. The van der Waals surface area contributed by atoms with Crippen LogP contribution >= 0.6 is 0 Å². The smallest absolute Gasteiger partial charge is 0.258 e. The minimum atomic E-state index is -0.321. The zero-order valence-corrected chi connectivity index (χ0v) is 16.0. The highest BCUT2D eigenvalue weighted by molar-refractivity contribution is 6.04. The number of nitrogens with one attached hydrogen (secondary N) is 2. The average Bonchev–Trinajstić information content (AvgIpc) is 2.81. The molecule has 4 rings (SSSR count). The normalized spacial score (nSPS) is 10.3. The lowest BCUT2D eigenvalue weighted by Crippen LogP contribution is -2.14. The second kappa shape index (κ2) is 9.29. The molecule has 0 atom stereocenters. The van der Waals surface area contributed by atoms with Gasteiger partial charge in [-0.05, 0) is 35.9 Å². The number of carbonyl (C=O) groups excluding carboxylic acids is 1. The van der Waals surface area contributed by atoms with Gasteiger partial charge in [0.05, 0.1) is 11.3 Å². The molecule has 0 fully saturated rings. The molecule has 0 bridgehead atoms. The van der Waals surface area contributed by atoms with Gasteiger partial charge < -0.3 is 15.4 Å². The highest BCUT2D eigenvalue weighted by Gasteiger charge is 2.11. The Morgan fingerprint density at radius 3 is 2.40 bits per heavy atom. The standard InChI is InChI=1S/C23H19N5O2/c29-22(18-15-26-23(27-16-18)25-14-17-7-6-12-24-13-17)28-20-10-4-5-11-21(20)30-19-8-2-1-3-9-19/h1-13,15-16H,14H2,(H,28,29)(H,25,26,27). The number of rotatable bonds is 7.